The number of hydrogen-bond donors (Lipinski definition) is 1. The number of ketones is 1. The van der Waals surface area contributed by atoms with E-state index in [9.17, 15) is 4.79 Å². The Morgan fingerprint density at radius 1 is 1.38 bits per heavy atom. The van der Waals surface area contributed by atoms with Gasteiger partial charge in [-0.3, -0.25) is 4.79 Å². The number of unbranched alkanes of at least 4 members (excludes halogenated alkanes) is 1. The molecule has 0 radical (unpaired) electrons. The highest BCUT2D eigenvalue weighted by Gasteiger charge is 2.41. The lowest BCUT2D eigenvalue weighted by atomic mass is 10.0. The third-order valence-corrected chi connectivity index (χ3v) is 2.95. The number of carbonyl (C=O) groups excluding carboxylic acids is 1. The second-order valence-corrected chi connectivity index (χ2v) is 4.20. The molecule has 0 aromatic heterocycles. The predicted molar refractivity (Wildman–Crippen MR) is 65.5 cm³/mol. The molecule has 1 N–H and O–H groups in total. The SMILES string of the molecule is C=CCCC[C@H]1N[C@H]1C(=O)c1ccccc1. The molecule has 1 fully saturated rings. The van der Waals surface area contributed by atoms with E-state index in [1.165, 1.54) is 0 Å². The molecule has 2 rings (SSSR count). The first-order valence-corrected chi connectivity index (χ1v) is 5.79. The van der Waals surface area contributed by atoms with E-state index >= 15 is 0 Å². The van der Waals surface area contributed by atoms with Crippen LogP contribution in [0.5, 0.6) is 0 Å². The minimum Gasteiger partial charge on any atom is -0.301 e. The largest absolute Gasteiger partial charge is 0.301 e. The van der Waals surface area contributed by atoms with Crippen molar-refractivity contribution < 1.29 is 4.79 Å². The summed E-state index contributed by atoms with van der Waals surface area (Å²) in [6.07, 6.45) is 5.13. The maximum absolute atomic E-state index is 12.0. The van der Waals surface area contributed by atoms with Gasteiger partial charge in [0.25, 0.3) is 0 Å². The molecule has 1 aromatic carbocycles. The molecule has 0 spiro atoms. The third kappa shape index (κ3) is 2.58. The maximum Gasteiger partial charge on any atom is 0.181 e. The average Bonchev–Trinajstić information content (AvgIpc) is 3.09. The van der Waals surface area contributed by atoms with Crippen LogP contribution in [0.2, 0.25) is 0 Å². The van der Waals surface area contributed by atoms with Crippen molar-refractivity contribution in [2.75, 3.05) is 0 Å². The van der Waals surface area contributed by atoms with Crippen LogP contribution in [0.3, 0.4) is 0 Å². The van der Waals surface area contributed by atoms with Crippen LogP contribution in [0.1, 0.15) is 29.6 Å². The van der Waals surface area contributed by atoms with Crippen LogP contribution < -0.4 is 5.32 Å². The zero-order valence-corrected chi connectivity index (χ0v) is 9.36. The van der Waals surface area contributed by atoms with E-state index < -0.39 is 0 Å². The van der Waals surface area contributed by atoms with Gasteiger partial charge in [0, 0.05) is 11.6 Å². The van der Waals surface area contributed by atoms with Crippen molar-refractivity contribution in [1.82, 2.24) is 5.32 Å². The van der Waals surface area contributed by atoms with E-state index in [0.717, 1.165) is 24.8 Å². The van der Waals surface area contributed by atoms with E-state index in [0.29, 0.717) is 6.04 Å². The van der Waals surface area contributed by atoms with Crippen LogP contribution in [0.15, 0.2) is 43.0 Å². The Hall–Kier alpha value is -1.41. The lowest BCUT2D eigenvalue weighted by Gasteiger charge is -1.97. The summed E-state index contributed by atoms with van der Waals surface area (Å²) < 4.78 is 0. The Morgan fingerprint density at radius 2 is 2.12 bits per heavy atom. The van der Waals surface area contributed by atoms with Gasteiger partial charge >= 0.3 is 0 Å². The topological polar surface area (TPSA) is 39.0 Å². The van der Waals surface area contributed by atoms with E-state index in [2.05, 4.69) is 11.9 Å². The van der Waals surface area contributed by atoms with Crippen molar-refractivity contribution in [2.24, 2.45) is 0 Å². The molecule has 16 heavy (non-hydrogen) atoms. The second kappa shape index (κ2) is 5.08. The lowest BCUT2D eigenvalue weighted by molar-refractivity contribution is 0.0987. The maximum atomic E-state index is 12.0. The molecule has 84 valence electrons. The number of nitrogens with one attached hydrogen (secondary N) is 1. The molecule has 2 atom stereocenters. The fraction of sp³-hybridized carbons (Fsp3) is 0.357. The van der Waals surface area contributed by atoms with Crippen LogP contribution in [-0.2, 0) is 0 Å². The quantitative estimate of drug-likeness (QED) is 0.343. The highest BCUT2D eigenvalue weighted by molar-refractivity contribution is 6.02. The number of benzene rings is 1. The number of allylic oxidation sites excluding steroid dienone is 1. The molecule has 2 nitrogen and oxygen atoms in total. The van der Waals surface area contributed by atoms with Gasteiger partial charge in [0.15, 0.2) is 5.78 Å². The van der Waals surface area contributed by atoms with Crippen molar-refractivity contribution in [3.8, 4) is 0 Å². The van der Waals surface area contributed by atoms with E-state index in [1.54, 1.807) is 0 Å². The molecule has 0 saturated carbocycles. The number of Topliss-reactive ketones (excluding diaryl/α,β-unsaturated/α-hetero) is 1. The smallest absolute Gasteiger partial charge is 0.181 e. The van der Waals surface area contributed by atoms with Crippen molar-refractivity contribution in [2.45, 2.75) is 31.3 Å². The normalized spacial score (nSPS) is 22.8. The Kier molecular flexibility index (Phi) is 3.52. The molecule has 1 heterocycles. The zero-order chi connectivity index (χ0) is 11.4. The molecule has 0 amide bonds. The molecule has 2 heteroatoms. The van der Waals surface area contributed by atoms with Gasteiger partial charge in [-0.2, -0.15) is 0 Å². The van der Waals surface area contributed by atoms with Crippen molar-refractivity contribution in [1.29, 1.82) is 0 Å². The first kappa shape index (κ1) is 11.1. The van der Waals surface area contributed by atoms with Gasteiger partial charge < -0.3 is 5.32 Å². The Labute approximate surface area is 96.4 Å². The minimum atomic E-state index is 0.0483. The summed E-state index contributed by atoms with van der Waals surface area (Å²) in [7, 11) is 0. The third-order valence-electron chi connectivity index (χ3n) is 2.95. The number of rotatable bonds is 6. The fourth-order valence-corrected chi connectivity index (χ4v) is 1.95. The van der Waals surface area contributed by atoms with Crippen LogP contribution in [0, 0.1) is 0 Å². The molecule has 1 aliphatic heterocycles. The second-order valence-electron chi connectivity index (χ2n) is 4.20. The monoisotopic (exact) mass is 215 g/mol. The summed E-state index contributed by atoms with van der Waals surface area (Å²) >= 11 is 0. The molecule has 0 unspecified atom stereocenters. The minimum absolute atomic E-state index is 0.0483. The molecule has 0 aliphatic carbocycles. The standard InChI is InChI=1S/C14H17NO/c1-2-3-5-10-12-13(15-12)14(16)11-8-6-4-7-9-11/h2,4,6-9,12-13,15H,1,3,5,10H2/t12-,13-/m1/s1. The van der Waals surface area contributed by atoms with Crippen molar-refractivity contribution >= 4 is 5.78 Å². The zero-order valence-electron chi connectivity index (χ0n) is 9.36. The summed E-state index contributed by atoms with van der Waals surface area (Å²) in [6.45, 7) is 3.69. The van der Waals surface area contributed by atoms with E-state index in [4.69, 9.17) is 0 Å². The van der Waals surface area contributed by atoms with E-state index in [1.807, 2.05) is 36.4 Å². The summed E-state index contributed by atoms with van der Waals surface area (Å²) in [6, 6.07) is 9.93. The Balaban J connectivity index is 1.83. The highest BCUT2D eigenvalue weighted by atomic mass is 16.1. The van der Waals surface area contributed by atoms with Crippen LogP contribution in [0.4, 0.5) is 0 Å². The first-order valence-electron chi connectivity index (χ1n) is 5.79. The predicted octanol–water partition coefficient (Wildman–Crippen LogP) is 2.57. The van der Waals surface area contributed by atoms with Gasteiger partial charge in [0.1, 0.15) is 0 Å². The lowest BCUT2D eigenvalue weighted by Crippen LogP contribution is -2.11. The number of hydrogen-bond acceptors (Lipinski definition) is 2. The number of carbonyl (C=O) groups is 1. The van der Waals surface area contributed by atoms with Gasteiger partial charge in [-0.25, -0.2) is 0 Å². The average molecular weight is 215 g/mol. The molecule has 1 aliphatic rings. The van der Waals surface area contributed by atoms with Crippen LogP contribution in [-0.4, -0.2) is 17.9 Å². The van der Waals surface area contributed by atoms with Crippen LogP contribution >= 0.6 is 0 Å². The molecule has 0 bridgehead atoms. The van der Waals surface area contributed by atoms with Gasteiger partial charge in [0.05, 0.1) is 6.04 Å². The van der Waals surface area contributed by atoms with Crippen molar-refractivity contribution in [3.63, 3.8) is 0 Å². The highest BCUT2D eigenvalue weighted by Crippen LogP contribution is 2.21. The molecular formula is C14H17NO. The summed E-state index contributed by atoms with van der Waals surface area (Å²) in [5, 5.41) is 3.24. The summed E-state index contributed by atoms with van der Waals surface area (Å²) in [5.41, 5.74) is 0.811. The first-order chi connectivity index (χ1) is 7.83. The van der Waals surface area contributed by atoms with Gasteiger partial charge in [-0.05, 0) is 19.3 Å². The molecule has 1 saturated heterocycles. The van der Waals surface area contributed by atoms with Gasteiger partial charge in [-0.1, -0.05) is 36.4 Å². The van der Waals surface area contributed by atoms with Gasteiger partial charge in [-0.15, -0.1) is 6.58 Å². The molecule has 1 aromatic rings. The Bertz CT molecular complexity index is 372. The van der Waals surface area contributed by atoms with E-state index in [-0.39, 0.29) is 11.8 Å². The van der Waals surface area contributed by atoms with Gasteiger partial charge in [0.2, 0.25) is 0 Å². The summed E-state index contributed by atoms with van der Waals surface area (Å²) in [4.78, 5) is 12.0. The summed E-state index contributed by atoms with van der Waals surface area (Å²) in [5.74, 6) is 0.226. The van der Waals surface area contributed by atoms with Crippen molar-refractivity contribution in [3.05, 3.63) is 48.6 Å². The molecular weight excluding hydrogens is 198 g/mol. The Morgan fingerprint density at radius 3 is 2.81 bits per heavy atom. The fourth-order valence-electron chi connectivity index (χ4n) is 1.95. The van der Waals surface area contributed by atoms with Crippen LogP contribution in [0.25, 0.3) is 0 Å².